The van der Waals surface area contributed by atoms with Crippen LogP contribution in [0, 0.1) is 0 Å². The van der Waals surface area contributed by atoms with E-state index in [4.69, 9.17) is 17.3 Å². The number of nitrogens with zero attached hydrogens (tertiary/aromatic N) is 1. The summed E-state index contributed by atoms with van der Waals surface area (Å²) in [6.07, 6.45) is 1.43. The fourth-order valence-corrected chi connectivity index (χ4v) is 1.79. The molecule has 2 N–H and O–H groups in total. The van der Waals surface area contributed by atoms with Gasteiger partial charge in [-0.15, -0.1) is 0 Å². The number of halogens is 1. The van der Waals surface area contributed by atoms with Gasteiger partial charge < -0.3 is 5.73 Å². The van der Waals surface area contributed by atoms with E-state index in [2.05, 4.69) is 4.98 Å². The summed E-state index contributed by atoms with van der Waals surface area (Å²) in [4.78, 5) is 15.6. The van der Waals surface area contributed by atoms with Crippen molar-refractivity contribution in [1.82, 2.24) is 4.98 Å². The molecule has 0 saturated heterocycles. The predicted molar refractivity (Wildman–Crippen MR) is 65.6 cm³/mol. The van der Waals surface area contributed by atoms with E-state index in [0.717, 1.165) is 0 Å². The molecule has 5 heteroatoms. The number of aromatic nitrogens is 1. The zero-order chi connectivity index (χ0) is 11.4. The molecule has 0 bridgehead atoms. The summed E-state index contributed by atoms with van der Waals surface area (Å²) >= 11 is 7.32. The van der Waals surface area contributed by atoms with E-state index in [9.17, 15) is 4.79 Å². The highest BCUT2D eigenvalue weighted by Crippen LogP contribution is 2.18. The summed E-state index contributed by atoms with van der Waals surface area (Å²) in [6, 6.07) is 1.56. The molecule has 0 radical (unpaired) electrons. The van der Waals surface area contributed by atoms with E-state index in [1.165, 1.54) is 6.20 Å². The molecule has 0 unspecified atom stereocenters. The van der Waals surface area contributed by atoms with Gasteiger partial charge in [-0.25, -0.2) is 4.98 Å². The van der Waals surface area contributed by atoms with Crippen molar-refractivity contribution in [2.75, 3.05) is 11.5 Å². The molecule has 0 spiro atoms. The van der Waals surface area contributed by atoms with Crippen LogP contribution in [0.4, 0.5) is 5.82 Å². The smallest absolute Gasteiger partial charge is 0.176 e. The summed E-state index contributed by atoms with van der Waals surface area (Å²) in [5.74, 6) is 0.624. The van der Waals surface area contributed by atoms with E-state index >= 15 is 0 Å². The Bertz CT molecular complexity index is 368. The first-order valence-corrected chi connectivity index (χ1v) is 5.99. The zero-order valence-corrected chi connectivity index (χ0v) is 10.2. The largest absolute Gasteiger partial charge is 0.383 e. The minimum absolute atomic E-state index is 0.0267. The number of anilines is 1. The van der Waals surface area contributed by atoms with E-state index < -0.39 is 0 Å². The lowest BCUT2D eigenvalue weighted by molar-refractivity contribution is 0.102. The minimum atomic E-state index is -0.0267. The summed E-state index contributed by atoms with van der Waals surface area (Å²) in [5.41, 5.74) is 6.01. The first kappa shape index (κ1) is 12.3. The molecule has 0 aromatic carbocycles. The monoisotopic (exact) mass is 244 g/mol. The molecule has 1 aromatic rings. The van der Waals surface area contributed by atoms with Crippen LogP contribution in [0.5, 0.6) is 0 Å². The molecule has 0 fully saturated rings. The molecule has 0 aliphatic rings. The Balaban J connectivity index is 2.77. The second-order valence-electron chi connectivity index (χ2n) is 3.37. The molecule has 0 amide bonds. The molecule has 0 aliphatic heterocycles. The fraction of sp³-hybridized carbons (Fsp3) is 0.400. The van der Waals surface area contributed by atoms with E-state index in [-0.39, 0.29) is 11.6 Å². The van der Waals surface area contributed by atoms with Crippen LogP contribution in [-0.4, -0.2) is 21.8 Å². The number of nitrogen functional groups attached to an aromatic ring is 1. The average molecular weight is 245 g/mol. The van der Waals surface area contributed by atoms with Crippen LogP contribution < -0.4 is 5.73 Å². The van der Waals surface area contributed by atoms with E-state index in [0.29, 0.717) is 21.6 Å². The molecule has 0 atom stereocenters. The van der Waals surface area contributed by atoms with Crippen molar-refractivity contribution in [3.8, 4) is 0 Å². The first-order valence-electron chi connectivity index (χ1n) is 4.56. The Morgan fingerprint density at radius 3 is 2.93 bits per heavy atom. The molecule has 0 aliphatic carbocycles. The second kappa shape index (κ2) is 5.37. The number of hydrogen-bond acceptors (Lipinski definition) is 4. The Morgan fingerprint density at radius 1 is 1.67 bits per heavy atom. The van der Waals surface area contributed by atoms with Crippen molar-refractivity contribution in [1.29, 1.82) is 0 Å². The van der Waals surface area contributed by atoms with Gasteiger partial charge in [0.2, 0.25) is 0 Å². The predicted octanol–water partition coefficient (Wildman–Crippen LogP) is 2.64. The lowest BCUT2D eigenvalue weighted by Gasteiger charge is -2.06. The van der Waals surface area contributed by atoms with Gasteiger partial charge in [0.1, 0.15) is 5.82 Å². The molecule has 1 rings (SSSR count). The van der Waals surface area contributed by atoms with Crippen molar-refractivity contribution in [2.24, 2.45) is 0 Å². The van der Waals surface area contributed by atoms with Crippen LogP contribution in [0.3, 0.4) is 0 Å². The quantitative estimate of drug-likeness (QED) is 0.828. The summed E-state index contributed by atoms with van der Waals surface area (Å²) in [6.45, 7) is 4.08. The van der Waals surface area contributed by atoms with Gasteiger partial charge >= 0.3 is 0 Å². The summed E-state index contributed by atoms with van der Waals surface area (Å²) in [5, 5.41) is 0.851. The van der Waals surface area contributed by atoms with E-state index in [1.54, 1.807) is 17.8 Å². The van der Waals surface area contributed by atoms with Crippen LogP contribution in [0.2, 0.25) is 5.02 Å². The highest BCUT2D eigenvalue weighted by molar-refractivity contribution is 8.00. The maximum atomic E-state index is 11.7. The molecule has 0 saturated carbocycles. The van der Waals surface area contributed by atoms with Crippen LogP contribution in [0.15, 0.2) is 12.3 Å². The number of carbonyl (C=O) groups is 1. The number of Topliss-reactive ketones (excluding diaryl/α,β-unsaturated/α-hetero) is 1. The number of nitrogens with two attached hydrogens (primary N) is 1. The molecular weight excluding hydrogens is 232 g/mol. The SMILES string of the molecule is CC(C)SCC(=O)c1cc(Cl)cnc1N. The van der Waals surface area contributed by atoms with Crippen LogP contribution in [0.25, 0.3) is 0 Å². The molecule has 82 valence electrons. The molecular formula is C10H13ClN2OS. The average Bonchev–Trinajstić information content (AvgIpc) is 2.18. The van der Waals surface area contributed by atoms with Gasteiger partial charge in [-0.1, -0.05) is 25.4 Å². The number of hydrogen-bond donors (Lipinski definition) is 1. The van der Waals surface area contributed by atoms with Crippen molar-refractivity contribution in [3.05, 3.63) is 22.8 Å². The zero-order valence-electron chi connectivity index (χ0n) is 8.66. The highest BCUT2D eigenvalue weighted by atomic mass is 35.5. The third-order valence-corrected chi connectivity index (χ3v) is 3.04. The highest BCUT2D eigenvalue weighted by Gasteiger charge is 2.12. The Labute approximate surface area is 98.4 Å². The summed E-state index contributed by atoms with van der Waals surface area (Å²) in [7, 11) is 0. The number of rotatable bonds is 4. The first-order chi connectivity index (χ1) is 7.00. The lowest BCUT2D eigenvalue weighted by atomic mass is 10.2. The number of pyridine rings is 1. The van der Waals surface area contributed by atoms with Gasteiger partial charge in [0.25, 0.3) is 0 Å². The molecule has 3 nitrogen and oxygen atoms in total. The third kappa shape index (κ3) is 3.72. The number of thioether (sulfide) groups is 1. The van der Waals surface area contributed by atoms with Crippen molar-refractivity contribution in [3.63, 3.8) is 0 Å². The van der Waals surface area contributed by atoms with Gasteiger partial charge in [-0.2, -0.15) is 11.8 Å². The van der Waals surface area contributed by atoms with Gasteiger partial charge in [-0.05, 0) is 11.3 Å². The fourth-order valence-electron chi connectivity index (χ4n) is 0.993. The third-order valence-electron chi connectivity index (χ3n) is 1.73. The topological polar surface area (TPSA) is 56.0 Å². The number of carbonyl (C=O) groups excluding carboxylic acids is 1. The minimum Gasteiger partial charge on any atom is -0.383 e. The maximum absolute atomic E-state index is 11.7. The van der Waals surface area contributed by atoms with Crippen molar-refractivity contribution < 1.29 is 4.79 Å². The molecule has 15 heavy (non-hydrogen) atoms. The Hall–Kier alpha value is -0.740. The maximum Gasteiger partial charge on any atom is 0.176 e. The standard InChI is InChI=1S/C10H13ClN2OS/c1-6(2)15-5-9(14)8-3-7(11)4-13-10(8)12/h3-4,6H,5H2,1-2H3,(H2,12,13). The Kier molecular flexibility index (Phi) is 4.42. The summed E-state index contributed by atoms with van der Waals surface area (Å²) < 4.78 is 0. The Morgan fingerprint density at radius 2 is 2.33 bits per heavy atom. The van der Waals surface area contributed by atoms with Crippen molar-refractivity contribution in [2.45, 2.75) is 19.1 Å². The van der Waals surface area contributed by atoms with E-state index in [1.807, 2.05) is 13.8 Å². The van der Waals surface area contributed by atoms with Crippen molar-refractivity contribution >= 4 is 35.0 Å². The normalized spacial score (nSPS) is 10.7. The second-order valence-corrected chi connectivity index (χ2v) is 5.37. The van der Waals surface area contributed by atoms with Crippen LogP contribution in [-0.2, 0) is 0 Å². The molecule has 1 heterocycles. The van der Waals surface area contributed by atoms with Gasteiger partial charge in [-0.3, -0.25) is 4.79 Å². The van der Waals surface area contributed by atoms with Gasteiger partial charge in [0.15, 0.2) is 5.78 Å². The van der Waals surface area contributed by atoms with Gasteiger partial charge in [0.05, 0.1) is 16.3 Å². The number of ketones is 1. The lowest BCUT2D eigenvalue weighted by Crippen LogP contribution is -2.09. The van der Waals surface area contributed by atoms with Crippen LogP contribution in [0.1, 0.15) is 24.2 Å². The van der Waals surface area contributed by atoms with Crippen LogP contribution >= 0.6 is 23.4 Å². The molecule has 1 aromatic heterocycles. The van der Waals surface area contributed by atoms with Gasteiger partial charge in [0, 0.05) is 6.20 Å².